The van der Waals surface area contributed by atoms with Gasteiger partial charge in [0.1, 0.15) is 17.3 Å². The Morgan fingerprint density at radius 1 is 1.10 bits per heavy atom. The predicted molar refractivity (Wildman–Crippen MR) is 110 cm³/mol. The molecule has 0 bridgehead atoms. The van der Waals surface area contributed by atoms with E-state index in [1.165, 1.54) is 12.0 Å². The maximum Gasteiger partial charge on any atom is 0.301 e. The summed E-state index contributed by atoms with van der Waals surface area (Å²) in [5.41, 5.74) is 2.06. The topological polar surface area (TPSA) is 92.9 Å². The van der Waals surface area contributed by atoms with Crippen molar-refractivity contribution in [3.8, 4) is 5.75 Å². The number of carbonyl (C=O) groups is 2. The van der Waals surface area contributed by atoms with Gasteiger partial charge in [-0.05, 0) is 31.5 Å². The van der Waals surface area contributed by atoms with Crippen LogP contribution in [0.4, 0.5) is 5.82 Å². The van der Waals surface area contributed by atoms with Gasteiger partial charge in [-0.15, -0.1) is 0 Å². The van der Waals surface area contributed by atoms with Crippen molar-refractivity contribution in [2.45, 2.75) is 19.9 Å². The molecule has 1 fully saturated rings. The number of Topliss-reactive ketones (excluding diaryl/α,β-unsaturated/α-hetero) is 1. The quantitative estimate of drug-likeness (QED) is 0.402. The monoisotopic (exact) mass is 404 g/mol. The number of hydrogen-bond acceptors (Lipinski definition) is 6. The Balaban J connectivity index is 1.94. The highest BCUT2D eigenvalue weighted by Gasteiger charge is 2.48. The fraction of sp³-hybridized carbons (Fsp3) is 0.174. The largest absolute Gasteiger partial charge is 0.507 e. The summed E-state index contributed by atoms with van der Waals surface area (Å²) in [4.78, 5) is 27.2. The van der Waals surface area contributed by atoms with Crippen LogP contribution in [0.3, 0.4) is 0 Å². The number of methoxy groups -OCH3 is 1. The number of nitrogens with zero attached hydrogens (tertiary/aromatic N) is 2. The van der Waals surface area contributed by atoms with E-state index in [9.17, 15) is 14.7 Å². The number of aryl methyl sites for hydroxylation is 2. The molecule has 152 valence electrons. The number of ketones is 1. The molecule has 1 aromatic heterocycles. The van der Waals surface area contributed by atoms with E-state index in [4.69, 9.17) is 9.26 Å². The second kappa shape index (κ2) is 7.51. The Kier molecular flexibility index (Phi) is 4.87. The highest BCUT2D eigenvalue weighted by molar-refractivity contribution is 6.51. The van der Waals surface area contributed by atoms with E-state index in [2.05, 4.69) is 5.16 Å². The average molecular weight is 404 g/mol. The van der Waals surface area contributed by atoms with Gasteiger partial charge < -0.3 is 14.4 Å². The summed E-state index contributed by atoms with van der Waals surface area (Å²) in [7, 11) is 1.51. The van der Waals surface area contributed by atoms with Crippen molar-refractivity contribution in [3.63, 3.8) is 0 Å². The molecule has 0 radical (unpaired) electrons. The van der Waals surface area contributed by atoms with E-state index in [0.717, 1.165) is 5.56 Å². The van der Waals surface area contributed by atoms with Gasteiger partial charge in [-0.3, -0.25) is 14.5 Å². The average Bonchev–Trinajstić information content (AvgIpc) is 3.29. The van der Waals surface area contributed by atoms with Crippen LogP contribution in [0.25, 0.3) is 5.76 Å². The van der Waals surface area contributed by atoms with E-state index < -0.39 is 17.7 Å². The Bertz CT molecular complexity index is 1160. The van der Waals surface area contributed by atoms with Gasteiger partial charge in [-0.2, -0.15) is 0 Å². The molecule has 1 saturated heterocycles. The van der Waals surface area contributed by atoms with Gasteiger partial charge in [0, 0.05) is 11.6 Å². The third-order valence-electron chi connectivity index (χ3n) is 5.04. The third-order valence-corrected chi connectivity index (χ3v) is 5.04. The molecule has 1 aliphatic heterocycles. The van der Waals surface area contributed by atoms with Crippen LogP contribution >= 0.6 is 0 Å². The number of aromatic nitrogens is 1. The first kappa shape index (κ1) is 19.4. The summed E-state index contributed by atoms with van der Waals surface area (Å²) in [5, 5.41) is 15.0. The van der Waals surface area contributed by atoms with Gasteiger partial charge in [0.2, 0.25) is 0 Å². The Morgan fingerprint density at radius 3 is 2.47 bits per heavy atom. The number of benzene rings is 2. The molecule has 0 unspecified atom stereocenters. The lowest BCUT2D eigenvalue weighted by Crippen LogP contribution is -2.29. The summed E-state index contributed by atoms with van der Waals surface area (Å²) in [6.45, 7) is 3.64. The fourth-order valence-corrected chi connectivity index (χ4v) is 3.53. The number of aliphatic hydroxyl groups is 1. The second-order valence-electron chi connectivity index (χ2n) is 7.11. The lowest BCUT2D eigenvalue weighted by atomic mass is 9.94. The molecule has 1 aliphatic rings. The standard InChI is InChI=1S/C23H20N2O5/c1-13-7-9-15(10-8-13)20-19(21(26)16-5-4-6-17(12-16)29-3)22(27)23(28)25(20)18-11-14(2)30-24-18/h4-12,20,26H,1-3H3/b21-19+/t20-/m0/s1. The number of ether oxygens (including phenoxy) is 1. The molecule has 7 nitrogen and oxygen atoms in total. The predicted octanol–water partition coefficient (Wildman–Crippen LogP) is 3.93. The third kappa shape index (κ3) is 3.24. The zero-order chi connectivity index (χ0) is 21.4. The van der Waals surface area contributed by atoms with Crippen molar-refractivity contribution in [1.82, 2.24) is 5.16 Å². The van der Waals surface area contributed by atoms with Crippen LogP contribution in [0.1, 0.15) is 28.5 Å². The highest BCUT2D eigenvalue weighted by Crippen LogP contribution is 2.42. The van der Waals surface area contributed by atoms with Gasteiger partial charge in [-0.1, -0.05) is 47.1 Å². The van der Waals surface area contributed by atoms with E-state index in [1.807, 2.05) is 31.2 Å². The van der Waals surface area contributed by atoms with Gasteiger partial charge in [0.15, 0.2) is 5.82 Å². The Hall–Kier alpha value is -3.87. The molecule has 0 spiro atoms. The van der Waals surface area contributed by atoms with Crippen LogP contribution in [0.5, 0.6) is 5.75 Å². The van der Waals surface area contributed by atoms with Crippen LogP contribution in [-0.2, 0) is 9.59 Å². The minimum Gasteiger partial charge on any atom is -0.507 e. The summed E-state index contributed by atoms with van der Waals surface area (Å²) >= 11 is 0. The first-order valence-electron chi connectivity index (χ1n) is 9.36. The maximum atomic E-state index is 13.0. The van der Waals surface area contributed by atoms with Gasteiger partial charge in [0.25, 0.3) is 5.78 Å². The molecule has 1 atom stereocenters. The molecule has 4 rings (SSSR count). The van der Waals surface area contributed by atoms with Crippen molar-refractivity contribution in [2.24, 2.45) is 0 Å². The first-order chi connectivity index (χ1) is 14.4. The summed E-state index contributed by atoms with van der Waals surface area (Å²) < 4.78 is 10.3. The Morgan fingerprint density at radius 2 is 1.83 bits per heavy atom. The number of rotatable bonds is 4. The lowest BCUT2D eigenvalue weighted by Gasteiger charge is -2.23. The summed E-state index contributed by atoms with van der Waals surface area (Å²) in [6.07, 6.45) is 0. The number of amides is 1. The van der Waals surface area contributed by atoms with Crippen molar-refractivity contribution in [1.29, 1.82) is 0 Å². The molecule has 30 heavy (non-hydrogen) atoms. The van der Waals surface area contributed by atoms with Gasteiger partial charge in [0.05, 0.1) is 18.7 Å². The van der Waals surface area contributed by atoms with E-state index in [1.54, 1.807) is 37.3 Å². The van der Waals surface area contributed by atoms with Crippen molar-refractivity contribution < 1.29 is 24.0 Å². The minimum atomic E-state index is -0.846. The van der Waals surface area contributed by atoms with Crippen molar-refractivity contribution in [2.75, 3.05) is 12.0 Å². The maximum absolute atomic E-state index is 13.0. The summed E-state index contributed by atoms with van der Waals surface area (Å²) in [5.74, 6) is -0.611. The molecule has 2 heterocycles. The lowest BCUT2D eigenvalue weighted by molar-refractivity contribution is -0.132. The first-order valence-corrected chi connectivity index (χ1v) is 9.36. The smallest absolute Gasteiger partial charge is 0.301 e. The minimum absolute atomic E-state index is 0.0160. The molecule has 2 aromatic carbocycles. The zero-order valence-electron chi connectivity index (χ0n) is 16.7. The van der Waals surface area contributed by atoms with E-state index in [0.29, 0.717) is 22.6 Å². The van der Waals surface area contributed by atoms with E-state index in [-0.39, 0.29) is 17.2 Å². The zero-order valence-corrected chi connectivity index (χ0v) is 16.7. The van der Waals surface area contributed by atoms with Gasteiger partial charge >= 0.3 is 5.91 Å². The molecule has 0 saturated carbocycles. The SMILES string of the molecule is COc1cccc(/C(O)=C2\C(=O)C(=O)N(c3cc(C)on3)[C@H]2c2ccc(C)cc2)c1. The van der Waals surface area contributed by atoms with Crippen molar-refractivity contribution in [3.05, 3.63) is 82.6 Å². The number of carbonyl (C=O) groups excluding carboxylic acids is 2. The van der Waals surface area contributed by atoms with Crippen LogP contribution < -0.4 is 9.64 Å². The van der Waals surface area contributed by atoms with Gasteiger partial charge in [-0.25, -0.2) is 0 Å². The molecule has 3 aromatic rings. The molecule has 7 heteroatoms. The van der Waals surface area contributed by atoms with Crippen molar-refractivity contribution >= 4 is 23.3 Å². The Labute approximate surface area is 173 Å². The molecule has 0 aliphatic carbocycles. The van der Waals surface area contributed by atoms with Crippen LogP contribution in [0, 0.1) is 13.8 Å². The molecule has 1 N–H and O–H groups in total. The molecule has 1 amide bonds. The number of hydrogen-bond donors (Lipinski definition) is 1. The normalized spacial score (nSPS) is 18.1. The van der Waals surface area contributed by atoms with E-state index >= 15 is 0 Å². The number of anilines is 1. The second-order valence-corrected chi connectivity index (χ2v) is 7.11. The highest BCUT2D eigenvalue weighted by atomic mass is 16.5. The molecular formula is C23H20N2O5. The van der Waals surface area contributed by atoms with Crippen LogP contribution in [0.15, 0.2) is 64.7 Å². The summed E-state index contributed by atoms with van der Waals surface area (Å²) in [6, 6.07) is 14.8. The van der Waals surface area contributed by atoms with Crippen LogP contribution in [-0.4, -0.2) is 29.1 Å². The number of aliphatic hydroxyl groups excluding tert-OH is 1. The molecular weight excluding hydrogens is 384 g/mol. The fourth-order valence-electron chi connectivity index (χ4n) is 3.53. The van der Waals surface area contributed by atoms with Crippen LogP contribution in [0.2, 0.25) is 0 Å².